The zero-order valence-electron chi connectivity index (χ0n) is 15.3. The lowest BCUT2D eigenvalue weighted by Crippen LogP contribution is -2.17. The Bertz CT molecular complexity index is 857. The average molecular weight is 344 g/mol. The van der Waals surface area contributed by atoms with Crippen molar-refractivity contribution in [2.24, 2.45) is 0 Å². The molecule has 0 atom stereocenters. The molecule has 0 bridgehead atoms. The number of carbonyl (C=O) groups is 1. The summed E-state index contributed by atoms with van der Waals surface area (Å²) in [5, 5.41) is 2.98. The van der Waals surface area contributed by atoms with Crippen molar-refractivity contribution in [3.63, 3.8) is 0 Å². The SMILES string of the molecule is Cc1ccccc1CC(=O)Nc1ccc(N(C)Cc2ccccc2)cc1. The van der Waals surface area contributed by atoms with Crippen LogP contribution in [0.5, 0.6) is 0 Å². The summed E-state index contributed by atoms with van der Waals surface area (Å²) in [4.78, 5) is 14.5. The van der Waals surface area contributed by atoms with E-state index in [1.165, 1.54) is 5.56 Å². The normalized spacial score (nSPS) is 10.4. The van der Waals surface area contributed by atoms with Crippen molar-refractivity contribution >= 4 is 17.3 Å². The van der Waals surface area contributed by atoms with E-state index in [9.17, 15) is 4.79 Å². The number of carbonyl (C=O) groups excluding carboxylic acids is 1. The summed E-state index contributed by atoms with van der Waals surface area (Å²) in [5.41, 5.74) is 5.40. The minimum atomic E-state index is 0.00434. The Morgan fingerprint density at radius 3 is 2.23 bits per heavy atom. The molecule has 26 heavy (non-hydrogen) atoms. The van der Waals surface area contributed by atoms with Gasteiger partial charge < -0.3 is 10.2 Å². The molecule has 0 spiro atoms. The molecule has 3 aromatic carbocycles. The Morgan fingerprint density at radius 2 is 1.54 bits per heavy atom. The number of hydrogen-bond donors (Lipinski definition) is 1. The molecule has 0 saturated heterocycles. The highest BCUT2D eigenvalue weighted by Crippen LogP contribution is 2.19. The van der Waals surface area contributed by atoms with Gasteiger partial charge in [0.25, 0.3) is 0 Å². The van der Waals surface area contributed by atoms with Gasteiger partial charge in [0.15, 0.2) is 0 Å². The summed E-state index contributed by atoms with van der Waals surface area (Å²) in [6.45, 7) is 2.87. The van der Waals surface area contributed by atoms with Crippen molar-refractivity contribution in [1.82, 2.24) is 0 Å². The monoisotopic (exact) mass is 344 g/mol. The molecule has 0 aliphatic heterocycles. The van der Waals surface area contributed by atoms with Crippen molar-refractivity contribution in [3.8, 4) is 0 Å². The second-order valence-corrected chi connectivity index (χ2v) is 6.54. The van der Waals surface area contributed by atoms with Crippen LogP contribution in [0.25, 0.3) is 0 Å². The maximum Gasteiger partial charge on any atom is 0.228 e. The predicted molar refractivity (Wildman–Crippen MR) is 109 cm³/mol. The van der Waals surface area contributed by atoms with Gasteiger partial charge in [0.1, 0.15) is 0 Å². The van der Waals surface area contributed by atoms with Gasteiger partial charge >= 0.3 is 0 Å². The molecule has 0 unspecified atom stereocenters. The Hall–Kier alpha value is -3.07. The third kappa shape index (κ3) is 4.73. The van der Waals surface area contributed by atoms with Crippen LogP contribution in [0.3, 0.4) is 0 Å². The molecular formula is C23H24N2O. The van der Waals surface area contributed by atoms with E-state index >= 15 is 0 Å². The second kappa shape index (κ2) is 8.34. The van der Waals surface area contributed by atoms with Gasteiger partial charge in [-0.05, 0) is 47.9 Å². The van der Waals surface area contributed by atoms with Crippen LogP contribution in [0.4, 0.5) is 11.4 Å². The topological polar surface area (TPSA) is 32.3 Å². The fraction of sp³-hybridized carbons (Fsp3) is 0.174. The molecule has 1 amide bonds. The quantitative estimate of drug-likeness (QED) is 0.696. The molecular weight excluding hydrogens is 320 g/mol. The molecule has 0 fully saturated rings. The van der Waals surface area contributed by atoms with Crippen LogP contribution in [0.1, 0.15) is 16.7 Å². The third-order valence-corrected chi connectivity index (χ3v) is 4.47. The number of anilines is 2. The van der Waals surface area contributed by atoms with E-state index in [2.05, 4.69) is 41.5 Å². The number of hydrogen-bond acceptors (Lipinski definition) is 2. The van der Waals surface area contributed by atoms with E-state index in [-0.39, 0.29) is 5.91 Å². The number of benzene rings is 3. The van der Waals surface area contributed by atoms with Crippen LogP contribution in [0.15, 0.2) is 78.9 Å². The molecule has 3 rings (SSSR count). The minimum absolute atomic E-state index is 0.00434. The fourth-order valence-corrected chi connectivity index (χ4v) is 2.93. The Morgan fingerprint density at radius 1 is 0.885 bits per heavy atom. The summed E-state index contributed by atoms with van der Waals surface area (Å²) in [6.07, 6.45) is 0.391. The highest BCUT2D eigenvalue weighted by atomic mass is 16.1. The van der Waals surface area contributed by atoms with Crippen molar-refractivity contribution in [2.75, 3.05) is 17.3 Å². The summed E-state index contributed by atoms with van der Waals surface area (Å²) in [6, 6.07) is 26.3. The van der Waals surface area contributed by atoms with Gasteiger partial charge in [0.2, 0.25) is 5.91 Å². The highest BCUT2D eigenvalue weighted by molar-refractivity contribution is 5.92. The first-order valence-corrected chi connectivity index (χ1v) is 8.81. The first kappa shape index (κ1) is 17.7. The van der Waals surface area contributed by atoms with Gasteiger partial charge in [-0.15, -0.1) is 0 Å². The van der Waals surface area contributed by atoms with Gasteiger partial charge in [-0.1, -0.05) is 54.6 Å². The van der Waals surface area contributed by atoms with Crippen LogP contribution in [-0.4, -0.2) is 13.0 Å². The molecule has 0 heterocycles. The molecule has 1 N–H and O–H groups in total. The molecule has 0 aliphatic rings. The van der Waals surface area contributed by atoms with Crippen molar-refractivity contribution in [3.05, 3.63) is 95.6 Å². The zero-order valence-corrected chi connectivity index (χ0v) is 15.3. The molecule has 3 nitrogen and oxygen atoms in total. The van der Waals surface area contributed by atoms with Crippen LogP contribution >= 0.6 is 0 Å². The standard InChI is InChI=1S/C23H24N2O/c1-18-8-6-7-11-20(18)16-23(26)24-21-12-14-22(15-13-21)25(2)17-19-9-4-3-5-10-19/h3-15H,16-17H2,1-2H3,(H,24,26). The van der Waals surface area contributed by atoms with E-state index in [1.807, 2.05) is 61.5 Å². The average Bonchev–Trinajstić information content (AvgIpc) is 2.65. The van der Waals surface area contributed by atoms with Gasteiger partial charge in [-0.25, -0.2) is 0 Å². The number of amides is 1. The van der Waals surface area contributed by atoms with E-state index < -0.39 is 0 Å². The van der Waals surface area contributed by atoms with E-state index in [0.29, 0.717) is 6.42 Å². The van der Waals surface area contributed by atoms with Crippen LogP contribution in [-0.2, 0) is 17.8 Å². The smallest absolute Gasteiger partial charge is 0.228 e. The van der Waals surface area contributed by atoms with Crippen LogP contribution in [0.2, 0.25) is 0 Å². The number of nitrogens with one attached hydrogen (secondary N) is 1. The van der Waals surface area contributed by atoms with Crippen molar-refractivity contribution in [1.29, 1.82) is 0 Å². The summed E-state index contributed by atoms with van der Waals surface area (Å²) < 4.78 is 0. The predicted octanol–water partition coefficient (Wildman–Crippen LogP) is 4.81. The highest BCUT2D eigenvalue weighted by Gasteiger charge is 2.07. The molecule has 0 saturated carbocycles. The molecule has 0 aliphatic carbocycles. The van der Waals surface area contributed by atoms with Crippen LogP contribution in [0, 0.1) is 6.92 Å². The lowest BCUT2D eigenvalue weighted by atomic mass is 10.1. The molecule has 3 heteroatoms. The summed E-state index contributed by atoms with van der Waals surface area (Å²) >= 11 is 0. The lowest BCUT2D eigenvalue weighted by molar-refractivity contribution is -0.115. The maximum absolute atomic E-state index is 12.3. The Labute approximate surface area is 155 Å². The maximum atomic E-state index is 12.3. The second-order valence-electron chi connectivity index (χ2n) is 6.54. The summed E-state index contributed by atoms with van der Waals surface area (Å²) in [5.74, 6) is 0.00434. The van der Waals surface area contributed by atoms with E-state index in [1.54, 1.807) is 0 Å². The first-order chi connectivity index (χ1) is 12.6. The van der Waals surface area contributed by atoms with Crippen molar-refractivity contribution < 1.29 is 4.79 Å². The Kier molecular flexibility index (Phi) is 5.69. The fourth-order valence-electron chi connectivity index (χ4n) is 2.93. The van der Waals surface area contributed by atoms with Gasteiger partial charge in [-0.2, -0.15) is 0 Å². The first-order valence-electron chi connectivity index (χ1n) is 8.81. The minimum Gasteiger partial charge on any atom is -0.370 e. The molecule has 0 radical (unpaired) electrons. The Balaban J connectivity index is 1.59. The molecule has 0 aromatic heterocycles. The molecule has 132 valence electrons. The lowest BCUT2D eigenvalue weighted by Gasteiger charge is -2.20. The van der Waals surface area contributed by atoms with E-state index in [0.717, 1.165) is 29.0 Å². The number of aryl methyl sites for hydroxylation is 1. The number of rotatable bonds is 6. The van der Waals surface area contributed by atoms with Crippen molar-refractivity contribution in [2.45, 2.75) is 19.9 Å². The van der Waals surface area contributed by atoms with Gasteiger partial charge in [-0.3, -0.25) is 4.79 Å². The zero-order chi connectivity index (χ0) is 18.4. The largest absolute Gasteiger partial charge is 0.370 e. The van der Waals surface area contributed by atoms with Gasteiger partial charge in [0.05, 0.1) is 6.42 Å². The van der Waals surface area contributed by atoms with Gasteiger partial charge in [0, 0.05) is 25.0 Å². The van der Waals surface area contributed by atoms with E-state index in [4.69, 9.17) is 0 Å². The number of nitrogens with zero attached hydrogens (tertiary/aromatic N) is 1. The van der Waals surface area contributed by atoms with Crippen LogP contribution < -0.4 is 10.2 Å². The molecule has 3 aromatic rings. The summed E-state index contributed by atoms with van der Waals surface area (Å²) in [7, 11) is 2.07. The third-order valence-electron chi connectivity index (χ3n) is 4.47.